The number of halogens is 2. The molecule has 0 aliphatic heterocycles. The summed E-state index contributed by atoms with van der Waals surface area (Å²) < 4.78 is 5.47. The van der Waals surface area contributed by atoms with Crippen LogP contribution in [0.4, 0.5) is 0 Å². The van der Waals surface area contributed by atoms with Crippen molar-refractivity contribution in [2.75, 3.05) is 26.3 Å². The summed E-state index contributed by atoms with van der Waals surface area (Å²) >= 11 is 11.7. The maximum atomic E-state index is 11.9. The van der Waals surface area contributed by atoms with Crippen molar-refractivity contribution in [3.63, 3.8) is 0 Å². The Bertz CT molecular complexity index is 562. The fraction of sp³-hybridized carbons (Fsp3) is 0.500. The highest BCUT2D eigenvalue weighted by Gasteiger charge is 2.20. The van der Waals surface area contributed by atoms with Crippen molar-refractivity contribution < 1.29 is 14.3 Å². The number of hydrogen-bond donors (Lipinski definition) is 2. The van der Waals surface area contributed by atoms with Gasteiger partial charge in [-0.2, -0.15) is 0 Å². The standard InChI is InChI=1S/C16H20Cl2N2O3/c17-12-4-5-13(14(18)8-12)16(22)20-9-15(21)19-6-1-7-23-10-11-2-3-11/h4-5,8,11H,1-3,6-7,9-10H2,(H,19,21)(H,20,22). The van der Waals surface area contributed by atoms with Crippen LogP contribution in [0.5, 0.6) is 0 Å². The highest BCUT2D eigenvalue weighted by Crippen LogP contribution is 2.28. The Morgan fingerprint density at radius 2 is 2.00 bits per heavy atom. The van der Waals surface area contributed by atoms with Gasteiger partial charge in [-0.1, -0.05) is 23.2 Å². The normalized spacial score (nSPS) is 13.7. The minimum absolute atomic E-state index is 0.0965. The molecule has 7 heteroatoms. The molecule has 126 valence electrons. The first-order valence-corrected chi connectivity index (χ1v) is 8.39. The second-order valence-corrected chi connectivity index (χ2v) is 6.37. The summed E-state index contributed by atoms with van der Waals surface area (Å²) in [6, 6.07) is 4.58. The highest BCUT2D eigenvalue weighted by molar-refractivity contribution is 6.36. The van der Waals surface area contributed by atoms with Gasteiger partial charge >= 0.3 is 0 Å². The van der Waals surface area contributed by atoms with Crippen LogP contribution in [0.1, 0.15) is 29.6 Å². The average Bonchev–Trinajstić information content (AvgIpc) is 3.32. The molecule has 0 spiro atoms. The van der Waals surface area contributed by atoms with E-state index in [9.17, 15) is 9.59 Å². The Morgan fingerprint density at radius 1 is 1.22 bits per heavy atom. The maximum absolute atomic E-state index is 11.9. The van der Waals surface area contributed by atoms with E-state index in [0.29, 0.717) is 18.2 Å². The van der Waals surface area contributed by atoms with Gasteiger partial charge < -0.3 is 15.4 Å². The lowest BCUT2D eigenvalue weighted by Crippen LogP contribution is -2.37. The van der Waals surface area contributed by atoms with Crippen LogP contribution in [0.3, 0.4) is 0 Å². The van der Waals surface area contributed by atoms with E-state index in [1.54, 1.807) is 6.07 Å². The monoisotopic (exact) mass is 358 g/mol. The van der Waals surface area contributed by atoms with Crippen LogP contribution in [0.25, 0.3) is 0 Å². The molecule has 0 aromatic heterocycles. The van der Waals surface area contributed by atoms with Crippen LogP contribution in [0.2, 0.25) is 10.0 Å². The van der Waals surface area contributed by atoms with Crippen molar-refractivity contribution in [1.82, 2.24) is 10.6 Å². The van der Waals surface area contributed by atoms with Gasteiger partial charge in [-0.05, 0) is 43.4 Å². The van der Waals surface area contributed by atoms with E-state index >= 15 is 0 Å². The molecule has 0 atom stereocenters. The van der Waals surface area contributed by atoms with Crippen molar-refractivity contribution in [2.45, 2.75) is 19.3 Å². The summed E-state index contributed by atoms with van der Waals surface area (Å²) in [7, 11) is 0. The topological polar surface area (TPSA) is 67.4 Å². The summed E-state index contributed by atoms with van der Waals surface area (Å²) in [5.74, 6) is 0.0970. The Hall–Kier alpha value is -1.30. The first kappa shape index (κ1) is 18.0. The van der Waals surface area contributed by atoms with Crippen LogP contribution in [0, 0.1) is 5.92 Å². The maximum Gasteiger partial charge on any atom is 0.253 e. The van der Waals surface area contributed by atoms with Crippen molar-refractivity contribution in [2.24, 2.45) is 5.92 Å². The summed E-state index contributed by atoms with van der Waals surface area (Å²) in [4.78, 5) is 23.6. The predicted molar refractivity (Wildman–Crippen MR) is 90.0 cm³/mol. The molecule has 1 aromatic carbocycles. The minimum atomic E-state index is -0.408. The number of nitrogens with one attached hydrogen (secondary N) is 2. The lowest BCUT2D eigenvalue weighted by molar-refractivity contribution is -0.120. The van der Waals surface area contributed by atoms with E-state index in [4.69, 9.17) is 27.9 Å². The average molecular weight is 359 g/mol. The van der Waals surface area contributed by atoms with Crippen molar-refractivity contribution in [3.8, 4) is 0 Å². The van der Waals surface area contributed by atoms with E-state index in [1.807, 2.05) is 0 Å². The van der Waals surface area contributed by atoms with E-state index < -0.39 is 5.91 Å². The first-order valence-electron chi connectivity index (χ1n) is 7.64. The minimum Gasteiger partial charge on any atom is -0.381 e. The number of hydrogen-bond acceptors (Lipinski definition) is 3. The van der Waals surface area contributed by atoms with E-state index in [1.165, 1.54) is 25.0 Å². The van der Waals surface area contributed by atoms with Gasteiger partial charge in [-0.15, -0.1) is 0 Å². The van der Waals surface area contributed by atoms with Crippen LogP contribution in [-0.4, -0.2) is 38.1 Å². The fourth-order valence-corrected chi connectivity index (χ4v) is 2.42. The SMILES string of the molecule is O=C(CNC(=O)c1ccc(Cl)cc1Cl)NCCCOCC1CC1. The Kier molecular flexibility index (Phi) is 7.15. The Morgan fingerprint density at radius 3 is 2.70 bits per heavy atom. The number of carbonyl (C=O) groups is 2. The van der Waals surface area contributed by atoms with Crippen LogP contribution in [0.15, 0.2) is 18.2 Å². The van der Waals surface area contributed by atoms with Crippen molar-refractivity contribution >= 4 is 35.0 Å². The molecule has 0 unspecified atom stereocenters. The van der Waals surface area contributed by atoms with Gasteiger partial charge in [0.15, 0.2) is 0 Å². The van der Waals surface area contributed by atoms with Gasteiger partial charge in [0, 0.05) is 24.8 Å². The second-order valence-electron chi connectivity index (χ2n) is 5.53. The molecule has 1 saturated carbocycles. The third-order valence-electron chi connectivity index (χ3n) is 3.42. The number of rotatable bonds is 9. The Balaban J connectivity index is 1.58. The molecule has 5 nitrogen and oxygen atoms in total. The zero-order valence-electron chi connectivity index (χ0n) is 12.7. The molecular formula is C16H20Cl2N2O3. The summed E-state index contributed by atoms with van der Waals surface area (Å²) in [5, 5.41) is 5.96. The van der Waals surface area contributed by atoms with Crippen molar-refractivity contribution in [1.29, 1.82) is 0 Å². The van der Waals surface area contributed by atoms with Gasteiger partial charge in [0.1, 0.15) is 0 Å². The molecule has 23 heavy (non-hydrogen) atoms. The van der Waals surface area contributed by atoms with Gasteiger partial charge in [0.05, 0.1) is 17.1 Å². The molecule has 2 rings (SSSR count). The fourth-order valence-electron chi connectivity index (χ4n) is 1.93. The molecule has 0 saturated heterocycles. The molecular weight excluding hydrogens is 339 g/mol. The van der Waals surface area contributed by atoms with Gasteiger partial charge in [-0.3, -0.25) is 9.59 Å². The molecule has 1 aliphatic rings. The molecule has 1 fully saturated rings. The van der Waals surface area contributed by atoms with Gasteiger partial charge in [0.2, 0.25) is 5.91 Å². The molecule has 2 amide bonds. The lowest BCUT2D eigenvalue weighted by atomic mass is 10.2. The van der Waals surface area contributed by atoms with Crippen molar-refractivity contribution in [3.05, 3.63) is 33.8 Å². The van der Waals surface area contributed by atoms with Crippen LogP contribution >= 0.6 is 23.2 Å². The van der Waals surface area contributed by atoms with Crippen LogP contribution < -0.4 is 10.6 Å². The molecule has 0 radical (unpaired) electrons. The largest absolute Gasteiger partial charge is 0.381 e. The summed E-state index contributed by atoms with van der Waals surface area (Å²) in [6.07, 6.45) is 3.30. The zero-order chi connectivity index (χ0) is 16.7. The zero-order valence-corrected chi connectivity index (χ0v) is 14.3. The Labute approximate surface area is 145 Å². The number of carbonyl (C=O) groups excluding carboxylic acids is 2. The highest BCUT2D eigenvalue weighted by atomic mass is 35.5. The third-order valence-corrected chi connectivity index (χ3v) is 3.97. The molecule has 1 aliphatic carbocycles. The quantitative estimate of drug-likeness (QED) is 0.666. The van der Waals surface area contributed by atoms with Gasteiger partial charge in [-0.25, -0.2) is 0 Å². The summed E-state index contributed by atoms with van der Waals surface area (Å²) in [6.45, 7) is 1.90. The predicted octanol–water partition coefficient (Wildman–Crippen LogP) is 2.66. The smallest absolute Gasteiger partial charge is 0.253 e. The van der Waals surface area contributed by atoms with E-state index in [2.05, 4.69) is 10.6 Å². The third kappa shape index (κ3) is 6.77. The second kappa shape index (κ2) is 9.11. The number of amides is 2. The molecule has 2 N–H and O–H groups in total. The molecule has 1 aromatic rings. The summed E-state index contributed by atoms with van der Waals surface area (Å²) in [5.41, 5.74) is 0.289. The van der Waals surface area contributed by atoms with E-state index in [-0.39, 0.29) is 23.0 Å². The molecule has 0 heterocycles. The number of benzene rings is 1. The first-order chi connectivity index (χ1) is 11.1. The lowest BCUT2D eigenvalue weighted by Gasteiger charge is -2.08. The van der Waals surface area contributed by atoms with Crippen LogP contribution in [-0.2, 0) is 9.53 Å². The van der Waals surface area contributed by atoms with E-state index in [0.717, 1.165) is 18.9 Å². The number of ether oxygens (including phenoxy) is 1. The molecule has 0 bridgehead atoms. The van der Waals surface area contributed by atoms with Gasteiger partial charge in [0.25, 0.3) is 5.91 Å².